The monoisotopic (exact) mass is 254 g/mol. The maximum atomic E-state index is 11.5. The molecule has 0 atom stereocenters. The first kappa shape index (κ1) is 13.8. The number of aromatic nitrogens is 1. The van der Waals surface area contributed by atoms with Crippen LogP contribution in [0.3, 0.4) is 0 Å². The minimum atomic E-state index is -1.25. The van der Waals surface area contributed by atoms with Gasteiger partial charge in [0.1, 0.15) is 17.0 Å². The number of carbonyl (C=O) groups excluding carboxylic acids is 1. The minimum Gasteiger partial charge on any atom is -0.477 e. The normalized spacial score (nSPS) is 10.8. The van der Waals surface area contributed by atoms with E-state index in [-0.39, 0.29) is 11.4 Å². The first-order valence-corrected chi connectivity index (χ1v) is 5.15. The third-order valence-electron chi connectivity index (χ3n) is 1.78. The van der Waals surface area contributed by atoms with E-state index in [4.69, 9.17) is 9.84 Å². The van der Waals surface area contributed by atoms with E-state index in [0.717, 1.165) is 0 Å². The lowest BCUT2D eigenvalue weighted by atomic mass is 10.2. The Kier molecular flexibility index (Phi) is 3.75. The molecule has 0 bridgehead atoms. The van der Waals surface area contributed by atoms with E-state index in [2.05, 4.69) is 10.3 Å². The predicted octanol–water partition coefficient (Wildman–Crippen LogP) is 1.42. The number of hydrogen-bond donors (Lipinski definition) is 3. The summed E-state index contributed by atoms with van der Waals surface area (Å²) < 4.78 is 4.96. The number of amides is 1. The summed E-state index contributed by atoms with van der Waals surface area (Å²) in [5.74, 6) is -1.25. The van der Waals surface area contributed by atoms with E-state index in [1.807, 2.05) is 0 Å². The van der Waals surface area contributed by atoms with E-state index in [1.165, 1.54) is 12.1 Å². The standard InChI is InChI=1S/C11H14N2O5/c1-11(2,3)18-10(17)13-6-4-5-7(9(15)16)12-8(6)14/h4-5H,1-3H3,(H,12,14)(H,13,17)(H,15,16). The summed E-state index contributed by atoms with van der Waals surface area (Å²) in [6.45, 7) is 5.05. The molecule has 7 nitrogen and oxygen atoms in total. The van der Waals surface area contributed by atoms with Crippen molar-refractivity contribution in [2.75, 3.05) is 5.32 Å². The van der Waals surface area contributed by atoms with Crippen LogP contribution in [0.1, 0.15) is 31.3 Å². The molecule has 3 N–H and O–H groups in total. The molecule has 0 aliphatic carbocycles. The first-order valence-electron chi connectivity index (χ1n) is 5.15. The lowest BCUT2D eigenvalue weighted by molar-refractivity contribution is 0.0634. The van der Waals surface area contributed by atoms with Crippen molar-refractivity contribution < 1.29 is 19.4 Å². The minimum absolute atomic E-state index is 0.0748. The number of aromatic carboxylic acids is 1. The summed E-state index contributed by atoms with van der Waals surface area (Å²) in [5.41, 5.74) is -1.72. The summed E-state index contributed by atoms with van der Waals surface area (Å²) in [5, 5.41) is 10.9. The van der Waals surface area contributed by atoms with Crippen molar-refractivity contribution in [2.24, 2.45) is 0 Å². The number of carboxylic acid groups (broad SMARTS) is 1. The highest BCUT2D eigenvalue weighted by Crippen LogP contribution is 2.09. The predicted molar refractivity (Wildman–Crippen MR) is 63.9 cm³/mol. The van der Waals surface area contributed by atoms with E-state index < -0.39 is 23.2 Å². The van der Waals surface area contributed by atoms with Crippen LogP contribution in [0.15, 0.2) is 16.9 Å². The van der Waals surface area contributed by atoms with Crippen molar-refractivity contribution in [1.82, 2.24) is 4.98 Å². The summed E-state index contributed by atoms with van der Waals surface area (Å²) >= 11 is 0. The molecule has 98 valence electrons. The molecule has 0 unspecified atom stereocenters. The van der Waals surface area contributed by atoms with Gasteiger partial charge >= 0.3 is 12.1 Å². The third kappa shape index (κ3) is 3.93. The third-order valence-corrected chi connectivity index (χ3v) is 1.78. The number of hydrogen-bond acceptors (Lipinski definition) is 4. The Balaban J connectivity index is 2.84. The fourth-order valence-corrected chi connectivity index (χ4v) is 1.11. The molecule has 0 radical (unpaired) electrons. The van der Waals surface area contributed by atoms with Gasteiger partial charge < -0.3 is 14.8 Å². The zero-order valence-corrected chi connectivity index (χ0v) is 10.2. The Morgan fingerprint density at radius 1 is 1.33 bits per heavy atom. The highest BCUT2D eigenvalue weighted by molar-refractivity contribution is 5.87. The van der Waals surface area contributed by atoms with E-state index in [0.29, 0.717) is 0 Å². The van der Waals surface area contributed by atoms with Gasteiger partial charge in [-0.25, -0.2) is 9.59 Å². The molecule has 0 saturated carbocycles. The topological polar surface area (TPSA) is 108 Å². The SMILES string of the molecule is CC(C)(C)OC(=O)Nc1ccc(C(=O)O)[nH]c1=O. The van der Waals surface area contributed by atoms with Crippen molar-refractivity contribution in [1.29, 1.82) is 0 Å². The van der Waals surface area contributed by atoms with Crippen LogP contribution in [0, 0.1) is 0 Å². The Morgan fingerprint density at radius 3 is 2.39 bits per heavy atom. The van der Waals surface area contributed by atoms with Gasteiger partial charge in [-0.15, -0.1) is 0 Å². The molecule has 0 spiro atoms. The largest absolute Gasteiger partial charge is 0.477 e. The molecule has 1 rings (SSSR count). The summed E-state index contributed by atoms with van der Waals surface area (Å²) in [6.07, 6.45) is -0.781. The molecule has 7 heteroatoms. The average molecular weight is 254 g/mol. The van der Waals surface area contributed by atoms with E-state index >= 15 is 0 Å². The Hall–Kier alpha value is -2.31. The molecule has 0 aromatic carbocycles. The number of pyridine rings is 1. The van der Waals surface area contributed by atoms with Crippen LogP contribution in [-0.4, -0.2) is 27.8 Å². The highest BCUT2D eigenvalue weighted by atomic mass is 16.6. The lowest BCUT2D eigenvalue weighted by Gasteiger charge is -2.19. The van der Waals surface area contributed by atoms with Crippen molar-refractivity contribution in [3.05, 3.63) is 28.2 Å². The molecule has 0 aliphatic heterocycles. The first-order chi connectivity index (χ1) is 8.19. The molecule has 1 heterocycles. The molecular weight excluding hydrogens is 240 g/mol. The van der Waals surface area contributed by atoms with Crippen LogP contribution in [0.2, 0.25) is 0 Å². The van der Waals surface area contributed by atoms with Crippen molar-refractivity contribution in [2.45, 2.75) is 26.4 Å². The Labute approximate surface area is 103 Å². The molecule has 1 aromatic heterocycles. The fourth-order valence-electron chi connectivity index (χ4n) is 1.11. The Bertz CT molecular complexity index is 527. The Morgan fingerprint density at radius 2 is 1.94 bits per heavy atom. The molecular formula is C11H14N2O5. The number of nitrogens with one attached hydrogen (secondary N) is 2. The average Bonchev–Trinajstić information content (AvgIpc) is 2.17. The zero-order valence-electron chi connectivity index (χ0n) is 10.2. The molecule has 1 amide bonds. The van der Waals surface area contributed by atoms with Crippen molar-refractivity contribution in [3.8, 4) is 0 Å². The fraction of sp³-hybridized carbons (Fsp3) is 0.364. The summed E-state index contributed by atoms with van der Waals surface area (Å²) in [4.78, 5) is 35.6. The lowest BCUT2D eigenvalue weighted by Crippen LogP contribution is -2.29. The molecule has 0 saturated heterocycles. The van der Waals surface area contributed by atoms with Gasteiger partial charge in [-0.05, 0) is 32.9 Å². The van der Waals surface area contributed by atoms with Gasteiger partial charge in [-0.1, -0.05) is 0 Å². The van der Waals surface area contributed by atoms with Gasteiger partial charge in [0.25, 0.3) is 5.56 Å². The van der Waals surface area contributed by atoms with E-state index in [9.17, 15) is 14.4 Å². The number of ether oxygens (including phenoxy) is 1. The number of carboxylic acids is 1. The number of anilines is 1. The van der Waals surface area contributed by atoms with Crippen LogP contribution in [0.4, 0.5) is 10.5 Å². The van der Waals surface area contributed by atoms with Crippen LogP contribution < -0.4 is 10.9 Å². The number of carbonyl (C=O) groups is 2. The molecule has 0 aliphatic rings. The second-order valence-electron chi connectivity index (χ2n) is 4.55. The van der Waals surface area contributed by atoms with Crippen LogP contribution in [0.25, 0.3) is 0 Å². The number of aromatic amines is 1. The van der Waals surface area contributed by atoms with Crippen molar-refractivity contribution in [3.63, 3.8) is 0 Å². The zero-order chi connectivity index (χ0) is 13.9. The van der Waals surface area contributed by atoms with Crippen molar-refractivity contribution >= 4 is 17.7 Å². The second kappa shape index (κ2) is 4.91. The highest BCUT2D eigenvalue weighted by Gasteiger charge is 2.17. The molecule has 0 fully saturated rings. The van der Waals surface area contributed by atoms with Gasteiger partial charge in [0.15, 0.2) is 0 Å². The summed E-state index contributed by atoms with van der Waals surface area (Å²) in [6, 6.07) is 2.38. The number of H-pyrrole nitrogens is 1. The van der Waals surface area contributed by atoms with Gasteiger partial charge in [-0.2, -0.15) is 0 Å². The quantitative estimate of drug-likeness (QED) is 0.739. The van der Waals surface area contributed by atoms with Crippen LogP contribution in [0.5, 0.6) is 0 Å². The molecule has 1 aromatic rings. The van der Waals surface area contributed by atoms with Gasteiger partial charge in [0.2, 0.25) is 0 Å². The van der Waals surface area contributed by atoms with Crippen LogP contribution >= 0.6 is 0 Å². The number of rotatable bonds is 2. The van der Waals surface area contributed by atoms with Gasteiger partial charge in [-0.3, -0.25) is 10.1 Å². The maximum absolute atomic E-state index is 11.5. The maximum Gasteiger partial charge on any atom is 0.412 e. The second-order valence-corrected chi connectivity index (χ2v) is 4.55. The summed E-state index contributed by atoms with van der Waals surface area (Å²) in [7, 11) is 0. The van der Waals surface area contributed by atoms with E-state index in [1.54, 1.807) is 20.8 Å². The molecule has 18 heavy (non-hydrogen) atoms. The smallest absolute Gasteiger partial charge is 0.412 e. The van der Waals surface area contributed by atoms with Gasteiger partial charge in [0, 0.05) is 0 Å². The van der Waals surface area contributed by atoms with Gasteiger partial charge in [0.05, 0.1) is 0 Å². The van der Waals surface area contributed by atoms with Crippen LogP contribution in [-0.2, 0) is 4.74 Å².